The van der Waals surface area contributed by atoms with Gasteiger partial charge >= 0.3 is 6.18 Å². The summed E-state index contributed by atoms with van der Waals surface area (Å²) in [7, 11) is 1.53. The first-order chi connectivity index (χ1) is 11.2. The molecule has 1 aliphatic heterocycles. The largest absolute Gasteiger partial charge is 0.416 e. The Hall–Kier alpha value is -1.83. The lowest BCUT2D eigenvalue weighted by atomic mass is 10.0. The molecule has 1 aromatic carbocycles. The summed E-state index contributed by atoms with van der Waals surface area (Å²) < 4.78 is 57.7. The molecule has 1 aromatic rings. The number of aliphatic imine (C=N–C) groups is 1. The van der Waals surface area contributed by atoms with Crippen molar-refractivity contribution in [1.82, 2.24) is 10.6 Å². The zero-order valence-corrected chi connectivity index (χ0v) is 13.6. The Kier molecular flexibility index (Phi) is 5.69. The molecule has 1 saturated heterocycles. The number of benzene rings is 1. The molecule has 0 spiro atoms. The fourth-order valence-corrected chi connectivity index (χ4v) is 2.61. The summed E-state index contributed by atoms with van der Waals surface area (Å²) in [6.07, 6.45) is -2.72. The van der Waals surface area contributed by atoms with Crippen molar-refractivity contribution in [2.45, 2.75) is 38.1 Å². The first kappa shape index (κ1) is 18.5. The number of guanidine groups is 1. The number of halogens is 4. The minimum Gasteiger partial charge on any atom is -0.373 e. The predicted octanol–water partition coefficient (Wildman–Crippen LogP) is 3.08. The standard InChI is InChI=1S/C16H21F4N3O/c1-15(6-3-7-24-15)10-23-14(21-2)22-9-11-4-5-12(17)8-13(11)16(18,19)20/h4-5,8H,3,6-7,9-10H2,1-2H3,(H2,21,22,23). The number of nitrogens with zero attached hydrogens (tertiary/aromatic N) is 1. The maximum atomic E-state index is 13.1. The molecule has 0 aliphatic carbocycles. The number of hydrogen-bond donors (Lipinski definition) is 2. The van der Waals surface area contributed by atoms with Crippen molar-refractivity contribution in [3.05, 3.63) is 35.1 Å². The Morgan fingerprint density at radius 2 is 2.08 bits per heavy atom. The van der Waals surface area contributed by atoms with Gasteiger partial charge in [0.25, 0.3) is 0 Å². The van der Waals surface area contributed by atoms with Crippen LogP contribution >= 0.6 is 0 Å². The van der Waals surface area contributed by atoms with Crippen LogP contribution in [0.25, 0.3) is 0 Å². The third kappa shape index (κ3) is 4.83. The molecule has 4 nitrogen and oxygen atoms in total. The van der Waals surface area contributed by atoms with E-state index < -0.39 is 17.6 Å². The fourth-order valence-electron chi connectivity index (χ4n) is 2.61. The van der Waals surface area contributed by atoms with E-state index >= 15 is 0 Å². The Labute approximate surface area is 138 Å². The van der Waals surface area contributed by atoms with Crippen molar-refractivity contribution < 1.29 is 22.3 Å². The molecular formula is C16H21F4N3O. The second kappa shape index (κ2) is 7.38. The summed E-state index contributed by atoms with van der Waals surface area (Å²) in [6.45, 7) is 3.06. The van der Waals surface area contributed by atoms with E-state index in [1.807, 2.05) is 6.92 Å². The van der Waals surface area contributed by atoms with Gasteiger partial charge in [0, 0.05) is 26.7 Å². The van der Waals surface area contributed by atoms with Gasteiger partial charge in [-0.1, -0.05) is 6.07 Å². The van der Waals surface area contributed by atoms with Gasteiger partial charge in [-0.15, -0.1) is 0 Å². The van der Waals surface area contributed by atoms with Crippen molar-refractivity contribution in [2.24, 2.45) is 4.99 Å². The van der Waals surface area contributed by atoms with Crippen LogP contribution in [0.1, 0.15) is 30.9 Å². The van der Waals surface area contributed by atoms with Crippen LogP contribution in [-0.2, 0) is 17.5 Å². The van der Waals surface area contributed by atoms with Crippen molar-refractivity contribution in [3.63, 3.8) is 0 Å². The van der Waals surface area contributed by atoms with Gasteiger partial charge in [-0.25, -0.2) is 4.39 Å². The molecular weight excluding hydrogens is 326 g/mol. The lowest BCUT2D eigenvalue weighted by molar-refractivity contribution is -0.138. The summed E-state index contributed by atoms with van der Waals surface area (Å²) in [5, 5.41) is 5.87. The third-order valence-electron chi connectivity index (χ3n) is 3.98. The Bertz CT molecular complexity index is 595. The lowest BCUT2D eigenvalue weighted by Gasteiger charge is -2.25. The molecule has 0 radical (unpaired) electrons. The Balaban J connectivity index is 1.98. The smallest absolute Gasteiger partial charge is 0.373 e. The highest BCUT2D eigenvalue weighted by atomic mass is 19.4. The quantitative estimate of drug-likeness (QED) is 0.500. The molecule has 1 fully saturated rings. The van der Waals surface area contributed by atoms with Gasteiger partial charge < -0.3 is 15.4 Å². The van der Waals surface area contributed by atoms with Crippen LogP contribution in [0.3, 0.4) is 0 Å². The predicted molar refractivity (Wildman–Crippen MR) is 83.2 cm³/mol. The molecule has 0 aromatic heterocycles. The monoisotopic (exact) mass is 347 g/mol. The summed E-state index contributed by atoms with van der Waals surface area (Å²) in [4.78, 5) is 3.99. The second-order valence-electron chi connectivity index (χ2n) is 5.98. The van der Waals surface area contributed by atoms with E-state index in [0.29, 0.717) is 25.2 Å². The molecule has 1 unspecified atom stereocenters. The van der Waals surface area contributed by atoms with Crippen LogP contribution in [0.4, 0.5) is 17.6 Å². The number of rotatable bonds is 4. The molecule has 1 aliphatic rings. The van der Waals surface area contributed by atoms with Gasteiger partial charge in [0.2, 0.25) is 0 Å². The maximum absolute atomic E-state index is 13.1. The zero-order valence-electron chi connectivity index (χ0n) is 13.6. The van der Waals surface area contributed by atoms with Crippen LogP contribution in [-0.4, -0.2) is 31.8 Å². The highest BCUT2D eigenvalue weighted by Gasteiger charge is 2.34. The van der Waals surface area contributed by atoms with Crippen molar-refractivity contribution >= 4 is 5.96 Å². The van der Waals surface area contributed by atoms with E-state index in [0.717, 1.165) is 25.0 Å². The maximum Gasteiger partial charge on any atom is 0.416 e. The van der Waals surface area contributed by atoms with Crippen LogP contribution < -0.4 is 10.6 Å². The van der Waals surface area contributed by atoms with E-state index in [2.05, 4.69) is 15.6 Å². The summed E-state index contributed by atoms with van der Waals surface area (Å²) >= 11 is 0. The third-order valence-corrected chi connectivity index (χ3v) is 3.98. The van der Waals surface area contributed by atoms with Crippen LogP contribution in [0, 0.1) is 5.82 Å². The summed E-state index contributed by atoms with van der Waals surface area (Å²) in [6, 6.07) is 2.64. The Morgan fingerprint density at radius 3 is 2.67 bits per heavy atom. The van der Waals surface area contributed by atoms with Crippen molar-refractivity contribution in [3.8, 4) is 0 Å². The molecule has 0 amide bonds. The Morgan fingerprint density at radius 1 is 1.33 bits per heavy atom. The number of alkyl halides is 3. The molecule has 134 valence electrons. The highest BCUT2D eigenvalue weighted by molar-refractivity contribution is 5.79. The van der Waals surface area contributed by atoms with Gasteiger partial charge in [-0.05, 0) is 37.5 Å². The average molecular weight is 347 g/mol. The molecule has 1 heterocycles. The van der Waals surface area contributed by atoms with Gasteiger partial charge in [0.05, 0.1) is 11.2 Å². The summed E-state index contributed by atoms with van der Waals surface area (Å²) in [5.74, 6) is -0.552. The number of nitrogens with one attached hydrogen (secondary N) is 2. The topological polar surface area (TPSA) is 45.7 Å². The van der Waals surface area contributed by atoms with Gasteiger partial charge in [0.1, 0.15) is 5.82 Å². The molecule has 0 bridgehead atoms. The molecule has 2 N–H and O–H groups in total. The SMILES string of the molecule is CN=C(NCc1ccc(F)cc1C(F)(F)F)NCC1(C)CCCO1. The normalized spacial score (nSPS) is 21.8. The molecule has 2 rings (SSSR count). The highest BCUT2D eigenvalue weighted by Crippen LogP contribution is 2.32. The summed E-state index contributed by atoms with van der Waals surface area (Å²) in [5.41, 5.74) is -1.34. The molecule has 1 atom stereocenters. The first-order valence-corrected chi connectivity index (χ1v) is 7.68. The number of hydrogen-bond acceptors (Lipinski definition) is 2. The lowest BCUT2D eigenvalue weighted by Crippen LogP contribution is -2.45. The number of ether oxygens (including phenoxy) is 1. The van der Waals surface area contributed by atoms with Crippen LogP contribution in [0.5, 0.6) is 0 Å². The van der Waals surface area contributed by atoms with E-state index in [-0.39, 0.29) is 17.7 Å². The van der Waals surface area contributed by atoms with E-state index in [9.17, 15) is 17.6 Å². The van der Waals surface area contributed by atoms with Gasteiger partial charge in [0.15, 0.2) is 5.96 Å². The van der Waals surface area contributed by atoms with Crippen LogP contribution in [0.15, 0.2) is 23.2 Å². The van der Waals surface area contributed by atoms with Gasteiger partial charge in [-0.2, -0.15) is 13.2 Å². The molecule has 8 heteroatoms. The fraction of sp³-hybridized carbons (Fsp3) is 0.562. The zero-order chi connectivity index (χ0) is 17.8. The van der Waals surface area contributed by atoms with E-state index in [1.54, 1.807) is 0 Å². The van der Waals surface area contributed by atoms with E-state index in [1.165, 1.54) is 7.05 Å². The van der Waals surface area contributed by atoms with E-state index in [4.69, 9.17) is 4.74 Å². The minimum atomic E-state index is -4.61. The van der Waals surface area contributed by atoms with Gasteiger partial charge in [-0.3, -0.25) is 4.99 Å². The molecule has 24 heavy (non-hydrogen) atoms. The van der Waals surface area contributed by atoms with Crippen molar-refractivity contribution in [1.29, 1.82) is 0 Å². The van der Waals surface area contributed by atoms with Crippen LogP contribution in [0.2, 0.25) is 0 Å². The minimum absolute atomic E-state index is 0.0461. The molecule has 0 saturated carbocycles. The average Bonchev–Trinajstić information content (AvgIpc) is 2.94. The first-order valence-electron chi connectivity index (χ1n) is 7.68. The van der Waals surface area contributed by atoms with Crippen molar-refractivity contribution in [2.75, 3.05) is 20.2 Å². The second-order valence-corrected chi connectivity index (χ2v) is 5.98.